The molecule has 0 aromatic carbocycles. The molecule has 0 aromatic heterocycles. The van der Waals surface area contributed by atoms with Crippen molar-refractivity contribution < 1.29 is 39.8 Å². The van der Waals surface area contributed by atoms with E-state index in [9.17, 15) is 30.3 Å². The Hall–Kier alpha value is -2.89. The minimum atomic E-state index is -1.58. The minimum Gasteiger partial charge on any atom is -0.394 e. The van der Waals surface area contributed by atoms with Crippen LogP contribution in [-0.4, -0.2) is 87.5 Å². The number of hydrogen-bond acceptors (Lipinski definition) is 8. The molecule has 378 valence electrons. The molecule has 0 spiro atoms. The van der Waals surface area contributed by atoms with Crippen molar-refractivity contribution in [2.45, 2.75) is 243 Å². The quantitative estimate of drug-likeness (QED) is 0.0262. The van der Waals surface area contributed by atoms with E-state index in [0.717, 1.165) is 103 Å². The molecule has 0 aromatic rings. The molecule has 0 saturated carbocycles. The lowest BCUT2D eigenvalue weighted by molar-refractivity contribution is -0.302. The van der Waals surface area contributed by atoms with E-state index in [4.69, 9.17) is 9.47 Å². The summed E-state index contributed by atoms with van der Waals surface area (Å²) in [6.07, 6.45) is 58.8. The van der Waals surface area contributed by atoms with Gasteiger partial charge in [0.15, 0.2) is 6.29 Å². The van der Waals surface area contributed by atoms with Gasteiger partial charge in [-0.1, -0.05) is 214 Å². The lowest BCUT2D eigenvalue weighted by Crippen LogP contribution is -2.60. The molecule has 1 aliphatic heterocycles. The summed E-state index contributed by atoms with van der Waals surface area (Å²) in [5.41, 5.74) is 0. The number of allylic oxidation sites excluding steroid dienone is 15. The van der Waals surface area contributed by atoms with Crippen LogP contribution >= 0.6 is 0 Å². The number of carbonyl (C=O) groups excluding carboxylic acids is 1. The van der Waals surface area contributed by atoms with E-state index in [2.05, 4.69) is 104 Å². The second kappa shape index (κ2) is 45.9. The first kappa shape index (κ1) is 61.1. The molecule has 7 unspecified atom stereocenters. The fourth-order valence-electron chi connectivity index (χ4n) is 7.72. The lowest BCUT2D eigenvalue weighted by Gasteiger charge is -2.40. The molecule has 0 aliphatic carbocycles. The maximum Gasteiger partial charge on any atom is 0.220 e. The number of aliphatic hydroxyl groups excluding tert-OH is 5. The Morgan fingerprint density at radius 1 is 0.530 bits per heavy atom. The first-order valence-corrected chi connectivity index (χ1v) is 26.5. The summed E-state index contributed by atoms with van der Waals surface area (Å²) in [4.78, 5) is 13.0. The van der Waals surface area contributed by atoms with Crippen LogP contribution in [0.1, 0.15) is 200 Å². The number of rotatable bonds is 43. The zero-order chi connectivity index (χ0) is 48.0. The third kappa shape index (κ3) is 35.3. The molecule has 1 fully saturated rings. The standard InChI is InChI=1S/C57H97NO8/c1-3-5-7-9-11-13-15-17-19-21-22-23-24-25-26-27-28-29-30-31-33-35-37-39-41-43-45-47-53(61)58-50(49-65-57-56(64)55(63)54(62)52(48-59)66-57)51(60)46-44-42-40-38-36-34-32-20-18-16-14-12-10-8-6-4-2/h5,7,11,13,17,19,22-23,25-26,28-29,31,33,44,46,50-52,54-57,59-60,62-64H,3-4,6,8-10,12,14-16,18,20-21,24,27,30,32,34-43,45,47-49H2,1-2H3,(H,58,61)/b7-5-,13-11-,19-17-,23-22-,26-25-,29-28-,33-31-,46-44+. The molecule has 1 aliphatic rings. The summed E-state index contributed by atoms with van der Waals surface area (Å²) < 4.78 is 11.2. The number of amides is 1. The predicted molar refractivity (Wildman–Crippen MR) is 276 cm³/mol. The van der Waals surface area contributed by atoms with Gasteiger partial charge in [0, 0.05) is 6.42 Å². The third-order valence-corrected chi connectivity index (χ3v) is 11.9. The minimum absolute atomic E-state index is 0.200. The number of unbranched alkanes of at least 4 members (excludes halogenated alkanes) is 19. The van der Waals surface area contributed by atoms with Gasteiger partial charge in [-0.05, 0) is 77.0 Å². The molecule has 1 amide bonds. The normalized spacial score (nSPS) is 20.6. The fourth-order valence-corrected chi connectivity index (χ4v) is 7.72. The van der Waals surface area contributed by atoms with Gasteiger partial charge in [0.25, 0.3) is 0 Å². The monoisotopic (exact) mass is 924 g/mol. The number of hydrogen-bond donors (Lipinski definition) is 6. The zero-order valence-corrected chi connectivity index (χ0v) is 41.7. The van der Waals surface area contributed by atoms with Crippen LogP contribution in [-0.2, 0) is 14.3 Å². The first-order valence-electron chi connectivity index (χ1n) is 26.5. The molecular formula is C57H97NO8. The highest BCUT2D eigenvalue weighted by atomic mass is 16.7. The summed E-state index contributed by atoms with van der Waals surface area (Å²) in [6, 6.07) is -0.822. The molecular weight excluding hydrogens is 827 g/mol. The van der Waals surface area contributed by atoms with Gasteiger partial charge >= 0.3 is 0 Å². The molecule has 1 saturated heterocycles. The summed E-state index contributed by atoms with van der Waals surface area (Å²) in [5.74, 6) is -0.200. The Bertz CT molecular complexity index is 1350. The molecule has 66 heavy (non-hydrogen) atoms. The van der Waals surface area contributed by atoms with Gasteiger partial charge in [-0.25, -0.2) is 0 Å². The van der Waals surface area contributed by atoms with Gasteiger partial charge in [-0.3, -0.25) is 4.79 Å². The number of ether oxygens (including phenoxy) is 2. The second-order valence-electron chi connectivity index (χ2n) is 17.9. The summed E-state index contributed by atoms with van der Waals surface area (Å²) >= 11 is 0. The summed E-state index contributed by atoms with van der Waals surface area (Å²) in [5, 5.41) is 54.4. The van der Waals surface area contributed by atoms with Crippen LogP contribution in [0.3, 0.4) is 0 Å². The van der Waals surface area contributed by atoms with Crippen molar-refractivity contribution in [3.63, 3.8) is 0 Å². The first-order chi connectivity index (χ1) is 32.3. The van der Waals surface area contributed by atoms with Crippen LogP contribution in [0, 0.1) is 0 Å². The van der Waals surface area contributed by atoms with Crippen molar-refractivity contribution in [1.82, 2.24) is 5.32 Å². The maximum atomic E-state index is 13.0. The Kier molecular flexibility index (Phi) is 42.5. The average molecular weight is 924 g/mol. The fraction of sp³-hybridized carbons (Fsp3) is 0.702. The Morgan fingerprint density at radius 3 is 1.39 bits per heavy atom. The Labute approximate surface area is 403 Å². The van der Waals surface area contributed by atoms with E-state index in [1.54, 1.807) is 6.08 Å². The zero-order valence-electron chi connectivity index (χ0n) is 41.7. The number of carbonyl (C=O) groups is 1. The highest BCUT2D eigenvalue weighted by molar-refractivity contribution is 5.76. The van der Waals surface area contributed by atoms with Gasteiger partial charge in [0.1, 0.15) is 24.4 Å². The highest BCUT2D eigenvalue weighted by Crippen LogP contribution is 2.22. The van der Waals surface area contributed by atoms with E-state index in [0.29, 0.717) is 6.42 Å². The number of aliphatic hydroxyl groups is 5. The van der Waals surface area contributed by atoms with Gasteiger partial charge in [-0.15, -0.1) is 0 Å². The van der Waals surface area contributed by atoms with Gasteiger partial charge < -0.3 is 40.3 Å². The van der Waals surface area contributed by atoms with E-state index in [1.165, 1.54) is 77.0 Å². The average Bonchev–Trinajstić information content (AvgIpc) is 3.32. The third-order valence-electron chi connectivity index (χ3n) is 11.9. The Morgan fingerprint density at radius 2 is 0.939 bits per heavy atom. The molecule has 7 atom stereocenters. The molecule has 1 heterocycles. The van der Waals surface area contributed by atoms with E-state index >= 15 is 0 Å². The van der Waals surface area contributed by atoms with Crippen LogP contribution in [0.15, 0.2) is 97.2 Å². The van der Waals surface area contributed by atoms with Gasteiger partial charge in [0.2, 0.25) is 5.91 Å². The maximum absolute atomic E-state index is 13.0. The van der Waals surface area contributed by atoms with E-state index in [-0.39, 0.29) is 12.5 Å². The van der Waals surface area contributed by atoms with Crippen molar-refractivity contribution in [3.05, 3.63) is 97.2 Å². The lowest BCUT2D eigenvalue weighted by atomic mass is 9.99. The largest absolute Gasteiger partial charge is 0.394 e. The second-order valence-corrected chi connectivity index (χ2v) is 17.9. The topological polar surface area (TPSA) is 149 Å². The summed E-state index contributed by atoms with van der Waals surface area (Å²) in [6.45, 7) is 3.64. The van der Waals surface area contributed by atoms with Crippen molar-refractivity contribution >= 4 is 5.91 Å². The molecule has 0 bridgehead atoms. The van der Waals surface area contributed by atoms with Crippen molar-refractivity contribution in [2.24, 2.45) is 0 Å². The molecule has 6 N–H and O–H groups in total. The SMILES string of the molecule is CC/C=C\C/C=C\C/C=C\C/C=C\C/C=C\C/C=C\C/C=C\CCCCCCCC(=O)NC(COC1OC(CO)C(O)C(O)C1O)C(O)/C=C/CCCCCCCCCCCCCCCC. The highest BCUT2D eigenvalue weighted by Gasteiger charge is 2.44. The molecule has 0 radical (unpaired) electrons. The van der Waals surface area contributed by atoms with Gasteiger partial charge in [0.05, 0.1) is 25.4 Å². The molecule has 9 nitrogen and oxygen atoms in total. The van der Waals surface area contributed by atoms with Crippen molar-refractivity contribution in [1.29, 1.82) is 0 Å². The predicted octanol–water partition coefficient (Wildman–Crippen LogP) is 12.5. The molecule has 1 rings (SSSR count). The Balaban J connectivity index is 2.30. The van der Waals surface area contributed by atoms with Crippen LogP contribution in [0.2, 0.25) is 0 Å². The van der Waals surface area contributed by atoms with Crippen LogP contribution in [0.4, 0.5) is 0 Å². The van der Waals surface area contributed by atoms with E-state index in [1.807, 2.05) is 6.08 Å². The number of nitrogens with one attached hydrogen (secondary N) is 1. The van der Waals surface area contributed by atoms with E-state index < -0.39 is 49.5 Å². The van der Waals surface area contributed by atoms with Crippen molar-refractivity contribution in [2.75, 3.05) is 13.2 Å². The smallest absolute Gasteiger partial charge is 0.220 e. The van der Waals surface area contributed by atoms with Crippen LogP contribution in [0.5, 0.6) is 0 Å². The van der Waals surface area contributed by atoms with Crippen LogP contribution < -0.4 is 5.32 Å². The molecule has 9 heteroatoms. The summed E-state index contributed by atoms with van der Waals surface area (Å²) in [7, 11) is 0. The van der Waals surface area contributed by atoms with Crippen molar-refractivity contribution in [3.8, 4) is 0 Å². The van der Waals surface area contributed by atoms with Gasteiger partial charge in [-0.2, -0.15) is 0 Å². The van der Waals surface area contributed by atoms with Crippen LogP contribution in [0.25, 0.3) is 0 Å².